The van der Waals surface area contributed by atoms with Crippen molar-refractivity contribution in [3.8, 4) is 5.69 Å². The molecular formula is C17H13ClN6O. The topological polar surface area (TPSA) is 77.1 Å². The quantitative estimate of drug-likeness (QED) is 0.614. The van der Waals surface area contributed by atoms with Gasteiger partial charge in [0.2, 0.25) is 0 Å². The Balaban J connectivity index is 1.63. The van der Waals surface area contributed by atoms with Crippen LogP contribution in [0.15, 0.2) is 55.1 Å². The predicted octanol–water partition coefficient (Wildman–Crippen LogP) is 3.13. The van der Waals surface area contributed by atoms with Crippen molar-refractivity contribution in [2.75, 3.05) is 5.32 Å². The molecule has 1 amide bonds. The lowest BCUT2D eigenvalue weighted by atomic mass is 10.2. The van der Waals surface area contributed by atoms with Crippen LogP contribution >= 0.6 is 11.6 Å². The number of hydrogen-bond donors (Lipinski definition) is 1. The summed E-state index contributed by atoms with van der Waals surface area (Å²) in [5.74, 6) is -0.323. The van der Waals surface area contributed by atoms with E-state index in [9.17, 15) is 4.79 Å². The summed E-state index contributed by atoms with van der Waals surface area (Å²) in [6.07, 6.45) is 6.68. The molecule has 3 heterocycles. The van der Waals surface area contributed by atoms with Gasteiger partial charge in [-0.2, -0.15) is 10.2 Å². The number of hydrogen-bond acceptors (Lipinski definition) is 4. The van der Waals surface area contributed by atoms with Crippen LogP contribution in [0.1, 0.15) is 16.1 Å². The van der Waals surface area contributed by atoms with Crippen LogP contribution in [0.25, 0.3) is 11.3 Å². The molecule has 4 rings (SSSR count). The molecule has 0 aliphatic carbocycles. The van der Waals surface area contributed by atoms with Crippen LogP contribution in [0.3, 0.4) is 0 Å². The molecule has 1 N–H and O–H groups in total. The highest BCUT2D eigenvalue weighted by atomic mass is 35.5. The molecule has 0 saturated carbocycles. The fraction of sp³-hybridized carbons (Fsp3) is 0.0588. The first-order valence-electron chi connectivity index (χ1n) is 7.54. The highest BCUT2D eigenvalue weighted by Gasteiger charge is 2.16. The zero-order chi connectivity index (χ0) is 17.4. The lowest BCUT2D eigenvalue weighted by Gasteiger charge is -2.04. The van der Waals surface area contributed by atoms with Gasteiger partial charge in [-0.3, -0.25) is 4.79 Å². The van der Waals surface area contributed by atoms with Crippen LogP contribution in [0.4, 0.5) is 5.69 Å². The Labute approximate surface area is 147 Å². The van der Waals surface area contributed by atoms with Crippen molar-refractivity contribution in [1.82, 2.24) is 24.4 Å². The Kier molecular flexibility index (Phi) is 3.70. The number of aromatic nitrogens is 5. The highest BCUT2D eigenvalue weighted by molar-refractivity contribution is 6.32. The molecule has 0 radical (unpaired) electrons. The number of rotatable bonds is 3. The first-order valence-corrected chi connectivity index (χ1v) is 7.91. The van der Waals surface area contributed by atoms with E-state index in [2.05, 4.69) is 20.5 Å². The van der Waals surface area contributed by atoms with Crippen molar-refractivity contribution in [2.45, 2.75) is 6.92 Å². The summed E-state index contributed by atoms with van der Waals surface area (Å²) in [6.45, 7) is 1.82. The van der Waals surface area contributed by atoms with Gasteiger partial charge in [-0.15, -0.1) is 0 Å². The van der Waals surface area contributed by atoms with Gasteiger partial charge in [0, 0.05) is 17.8 Å². The van der Waals surface area contributed by atoms with E-state index in [0.717, 1.165) is 5.56 Å². The summed E-state index contributed by atoms with van der Waals surface area (Å²) < 4.78 is 3.19. The van der Waals surface area contributed by atoms with E-state index in [1.165, 1.54) is 0 Å². The maximum absolute atomic E-state index is 12.6. The largest absolute Gasteiger partial charge is 0.318 e. The van der Waals surface area contributed by atoms with Gasteiger partial charge >= 0.3 is 0 Å². The molecule has 0 bridgehead atoms. The molecule has 25 heavy (non-hydrogen) atoms. The standard InChI is InChI=1S/C17H13ClN6O/c1-11-9-23(14-5-3-2-4-13(14)18)22-16(11)17(25)21-12-8-19-15-6-7-20-24(15)10-12/h2-10H,1H3,(H,21,25). The molecule has 4 aromatic rings. The third kappa shape index (κ3) is 2.85. The van der Waals surface area contributed by atoms with Crippen LogP contribution in [-0.2, 0) is 0 Å². The van der Waals surface area contributed by atoms with Gasteiger partial charge in [0.1, 0.15) is 0 Å². The lowest BCUT2D eigenvalue weighted by Crippen LogP contribution is -2.15. The average molecular weight is 353 g/mol. The zero-order valence-corrected chi connectivity index (χ0v) is 14.0. The second kappa shape index (κ2) is 6.03. The molecule has 0 atom stereocenters. The van der Waals surface area contributed by atoms with Crippen molar-refractivity contribution in [3.63, 3.8) is 0 Å². The van der Waals surface area contributed by atoms with Crippen molar-refractivity contribution in [2.24, 2.45) is 0 Å². The van der Waals surface area contributed by atoms with Crippen molar-refractivity contribution in [3.05, 3.63) is 71.4 Å². The van der Waals surface area contributed by atoms with Crippen LogP contribution in [0.5, 0.6) is 0 Å². The number of nitrogens with zero attached hydrogens (tertiary/aromatic N) is 5. The third-order valence-electron chi connectivity index (χ3n) is 3.72. The number of aryl methyl sites for hydroxylation is 1. The minimum Gasteiger partial charge on any atom is -0.318 e. The molecular weight excluding hydrogens is 340 g/mol. The number of amides is 1. The summed E-state index contributed by atoms with van der Waals surface area (Å²) >= 11 is 6.20. The number of anilines is 1. The Morgan fingerprint density at radius 1 is 1.20 bits per heavy atom. The van der Waals surface area contributed by atoms with Crippen LogP contribution in [-0.4, -0.2) is 30.3 Å². The van der Waals surface area contributed by atoms with E-state index < -0.39 is 0 Å². The second-order valence-electron chi connectivity index (χ2n) is 5.49. The maximum atomic E-state index is 12.6. The lowest BCUT2D eigenvalue weighted by molar-refractivity contribution is 0.102. The van der Waals surface area contributed by atoms with Gasteiger partial charge in [-0.25, -0.2) is 14.2 Å². The minimum absolute atomic E-state index is 0.320. The molecule has 0 aliphatic heterocycles. The van der Waals surface area contributed by atoms with Gasteiger partial charge in [0.05, 0.1) is 35.0 Å². The number of carbonyl (C=O) groups is 1. The molecule has 1 aromatic carbocycles. The predicted molar refractivity (Wildman–Crippen MR) is 94.3 cm³/mol. The van der Waals surface area contributed by atoms with Gasteiger partial charge in [0.15, 0.2) is 11.3 Å². The first kappa shape index (κ1) is 15.3. The fourth-order valence-corrected chi connectivity index (χ4v) is 2.73. The fourth-order valence-electron chi connectivity index (χ4n) is 2.51. The van der Waals surface area contributed by atoms with Crippen molar-refractivity contribution in [1.29, 1.82) is 0 Å². The van der Waals surface area contributed by atoms with E-state index in [-0.39, 0.29) is 5.91 Å². The number of carbonyl (C=O) groups excluding carboxylic acids is 1. The Morgan fingerprint density at radius 3 is 2.88 bits per heavy atom. The highest BCUT2D eigenvalue weighted by Crippen LogP contribution is 2.21. The number of nitrogens with one attached hydrogen (secondary N) is 1. The van der Waals surface area contributed by atoms with E-state index in [4.69, 9.17) is 11.6 Å². The Hall–Kier alpha value is -3.19. The number of fused-ring (bicyclic) bond motifs is 1. The third-order valence-corrected chi connectivity index (χ3v) is 4.04. The summed E-state index contributed by atoms with van der Waals surface area (Å²) in [6, 6.07) is 9.10. The molecule has 124 valence electrons. The monoisotopic (exact) mass is 352 g/mol. The van der Waals surface area contributed by atoms with Crippen LogP contribution in [0.2, 0.25) is 5.02 Å². The molecule has 0 aliphatic rings. The summed E-state index contributed by atoms with van der Waals surface area (Å²) in [7, 11) is 0. The Morgan fingerprint density at radius 2 is 2.04 bits per heavy atom. The summed E-state index contributed by atoms with van der Waals surface area (Å²) in [5.41, 5.74) is 3.02. The number of halogens is 1. The molecule has 0 spiro atoms. The second-order valence-corrected chi connectivity index (χ2v) is 5.89. The van der Waals surface area contributed by atoms with E-state index in [0.29, 0.717) is 27.7 Å². The number of benzene rings is 1. The Bertz CT molecular complexity index is 1080. The van der Waals surface area contributed by atoms with Gasteiger partial charge in [0.25, 0.3) is 5.91 Å². The zero-order valence-electron chi connectivity index (χ0n) is 13.2. The maximum Gasteiger partial charge on any atom is 0.276 e. The molecule has 0 fully saturated rings. The number of para-hydroxylation sites is 1. The van der Waals surface area contributed by atoms with E-state index >= 15 is 0 Å². The molecule has 7 nitrogen and oxygen atoms in total. The first-order chi connectivity index (χ1) is 12.1. The molecule has 0 unspecified atom stereocenters. The SMILES string of the molecule is Cc1cn(-c2ccccc2Cl)nc1C(=O)Nc1cnc2ccnn2c1. The minimum atomic E-state index is -0.323. The van der Waals surface area contributed by atoms with Gasteiger partial charge in [-0.05, 0) is 19.1 Å². The summed E-state index contributed by atoms with van der Waals surface area (Å²) in [4.78, 5) is 16.8. The van der Waals surface area contributed by atoms with Crippen LogP contribution in [0, 0.1) is 6.92 Å². The van der Waals surface area contributed by atoms with E-state index in [1.54, 1.807) is 46.1 Å². The van der Waals surface area contributed by atoms with Crippen molar-refractivity contribution >= 4 is 28.8 Å². The normalized spacial score (nSPS) is 11.0. The molecule has 0 saturated heterocycles. The average Bonchev–Trinajstić information content (AvgIpc) is 3.21. The van der Waals surface area contributed by atoms with Crippen LogP contribution < -0.4 is 5.32 Å². The molecule has 3 aromatic heterocycles. The summed E-state index contributed by atoms with van der Waals surface area (Å²) in [5, 5.41) is 11.8. The van der Waals surface area contributed by atoms with Gasteiger partial charge < -0.3 is 5.32 Å². The smallest absolute Gasteiger partial charge is 0.276 e. The van der Waals surface area contributed by atoms with Gasteiger partial charge in [-0.1, -0.05) is 23.7 Å². The van der Waals surface area contributed by atoms with E-state index in [1.807, 2.05) is 25.1 Å². The molecule has 8 heteroatoms. The van der Waals surface area contributed by atoms with Crippen molar-refractivity contribution < 1.29 is 4.79 Å².